The third kappa shape index (κ3) is 7.08. The van der Waals surface area contributed by atoms with Gasteiger partial charge in [0.1, 0.15) is 5.60 Å². The van der Waals surface area contributed by atoms with Crippen molar-refractivity contribution in [3.05, 3.63) is 39.9 Å². The van der Waals surface area contributed by atoms with Gasteiger partial charge in [0.05, 0.1) is 10.3 Å². The summed E-state index contributed by atoms with van der Waals surface area (Å²) in [5, 5.41) is 22.8. The number of carbonyl (C=O) groups excluding carboxylic acids is 1. The van der Waals surface area contributed by atoms with Crippen LogP contribution in [0.2, 0.25) is 0 Å². The number of carboxylic acid groups (broad SMARTS) is 1. The highest BCUT2D eigenvalue weighted by atomic mass is 16.6. The molecule has 0 saturated heterocycles. The van der Waals surface area contributed by atoms with Crippen LogP contribution in [0.5, 0.6) is 0 Å². The third-order valence-corrected chi connectivity index (χ3v) is 3.69. The van der Waals surface area contributed by atoms with Gasteiger partial charge in [0, 0.05) is 18.2 Å². The summed E-state index contributed by atoms with van der Waals surface area (Å²) in [6.07, 6.45) is -0.127. The minimum Gasteiger partial charge on any atom is -0.481 e. The summed E-state index contributed by atoms with van der Waals surface area (Å²) in [5.74, 6) is -0.975. The lowest BCUT2D eigenvalue weighted by Gasteiger charge is -2.28. The number of carboxylic acids is 1. The van der Waals surface area contributed by atoms with Crippen LogP contribution in [0.1, 0.15) is 46.6 Å². The quantitative estimate of drug-likeness (QED) is 0.563. The summed E-state index contributed by atoms with van der Waals surface area (Å²) in [5.41, 5.74) is -1.01. The van der Waals surface area contributed by atoms with Crippen LogP contribution in [0.25, 0.3) is 0 Å². The maximum atomic E-state index is 12.1. The van der Waals surface area contributed by atoms with Crippen molar-refractivity contribution in [3.63, 3.8) is 0 Å². The summed E-state index contributed by atoms with van der Waals surface area (Å²) in [4.78, 5) is 33.8. The van der Waals surface area contributed by atoms with Crippen LogP contribution in [0.4, 0.5) is 10.5 Å². The summed E-state index contributed by atoms with van der Waals surface area (Å²) in [6.45, 7) is 8.36. The first-order chi connectivity index (χ1) is 11.8. The Morgan fingerprint density at radius 3 is 2.15 bits per heavy atom. The summed E-state index contributed by atoms with van der Waals surface area (Å²) in [6, 6.07) is 5.44. The van der Waals surface area contributed by atoms with Crippen molar-refractivity contribution in [2.45, 2.75) is 59.1 Å². The van der Waals surface area contributed by atoms with Crippen molar-refractivity contribution in [3.8, 4) is 0 Å². The zero-order valence-electron chi connectivity index (χ0n) is 15.7. The number of rotatable bonds is 7. The van der Waals surface area contributed by atoms with Crippen molar-refractivity contribution >= 4 is 17.7 Å². The lowest BCUT2D eigenvalue weighted by Crippen LogP contribution is -2.43. The Bertz CT molecular complexity index is 661. The summed E-state index contributed by atoms with van der Waals surface area (Å²) < 4.78 is 5.24. The van der Waals surface area contributed by atoms with E-state index in [9.17, 15) is 24.8 Å². The average Bonchev–Trinajstić information content (AvgIpc) is 2.44. The predicted octanol–water partition coefficient (Wildman–Crippen LogP) is 3.53. The maximum absolute atomic E-state index is 12.1. The molecule has 1 amide bonds. The minimum atomic E-state index is -1.06. The first kappa shape index (κ1) is 21.4. The molecule has 26 heavy (non-hydrogen) atoms. The number of aliphatic carboxylic acids is 1. The number of nitro benzene ring substituents is 1. The molecule has 8 heteroatoms. The molecule has 0 aromatic heterocycles. The predicted molar refractivity (Wildman–Crippen MR) is 96.0 cm³/mol. The van der Waals surface area contributed by atoms with Crippen LogP contribution in [0.3, 0.4) is 0 Å². The van der Waals surface area contributed by atoms with Crippen LogP contribution in [0, 0.1) is 15.5 Å². The smallest absolute Gasteiger partial charge is 0.407 e. The molecule has 0 spiro atoms. The van der Waals surface area contributed by atoms with E-state index in [1.807, 2.05) is 0 Å². The molecule has 0 unspecified atom stereocenters. The summed E-state index contributed by atoms with van der Waals surface area (Å²) >= 11 is 0. The number of nitrogens with one attached hydrogen (secondary N) is 1. The normalized spacial score (nSPS) is 13.0. The van der Waals surface area contributed by atoms with E-state index < -0.39 is 34.0 Å². The third-order valence-electron chi connectivity index (χ3n) is 3.69. The van der Waals surface area contributed by atoms with Gasteiger partial charge < -0.3 is 15.2 Å². The van der Waals surface area contributed by atoms with Gasteiger partial charge in [-0.2, -0.15) is 0 Å². The zero-order chi connectivity index (χ0) is 20.1. The number of benzene rings is 1. The van der Waals surface area contributed by atoms with Crippen LogP contribution >= 0.6 is 0 Å². The van der Waals surface area contributed by atoms with Crippen molar-refractivity contribution in [1.82, 2.24) is 5.32 Å². The Morgan fingerprint density at radius 1 is 1.19 bits per heavy atom. The molecule has 2 N–H and O–H groups in total. The molecule has 0 heterocycles. The highest BCUT2D eigenvalue weighted by molar-refractivity contribution is 5.74. The fraction of sp³-hybridized carbons (Fsp3) is 0.556. The van der Waals surface area contributed by atoms with Crippen molar-refractivity contribution in [2.75, 3.05) is 0 Å². The van der Waals surface area contributed by atoms with Gasteiger partial charge in [-0.05, 0) is 53.0 Å². The van der Waals surface area contributed by atoms with E-state index in [0.29, 0.717) is 6.42 Å². The van der Waals surface area contributed by atoms with Crippen molar-refractivity contribution in [1.29, 1.82) is 0 Å². The second kappa shape index (κ2) is 8.16. The maximum Gasteiger partial charge on any atom is 0.407 e. The topological polar surface area (TPSA) is 119 Å². The largest absolute Gasteiger partial charge is 0.481 e. The Hall–Kier alpha value is -2.64. The molecule has 0 fully saturated rings. The van der Waals surface area contributed by atoms with E-state index in [1.54, 1.807) is 46.8 Å². The lowest BCUT2D eigenvalue weighted by molar-refractivity contribution is -0.384. The van der Waals surface area contributed by atoms with E-state index in [1.165, 1.54) is 12.1 Å². The molecular weight excluding hydrogens is 340 g/mol. The highest BCUT2D eigenvalue weighted by Gasteiger charge is 2.32. The van der Waals surface area contributed by atoms with E-state index in [4.69, 9.17) is 4.74 Å². The average molecular weight is 366 g/mol. The van der Waals surface area contributed by atoms with E-state index in [-0.39, 0.29) is 12.1 Å². The molecule has 0 aliphatic carbocycles. The first-order valence-corrected chi connectivity index (χ1v) is 8.26. The number of nitro groups is 1. The van der Waals surface area contributed by atoms with Gasteiger partial charge in [0.25, 0.3) is 5.69 Å². The van der Waals surface area contributed by atoms with Gasteiger partial charge in [-0.1, -0.05) is 12.1 Å². The number of nitrogens with zero attached hydrogens (tertiary/aromatic N) is 1. The van der Waals surface area contributed by atoms with Gasteiger partial charge in [-0.3, -0.25) is 14.9 Å². The van der Waals surface area contributed by atoms with E-state index in [0.717, 1.165) is 5.56 Å². The number of ether oxygens (including phenoxy) is 1. The van der Waals surface area contributed by atoms with Gasteiger partial charge in [0.15, 0.2) is 0 Å². The van der Waals surface area contributed by atoms with Crippen LogP contribution < -0.4 is 5.32 Å². The highest BCUT2D eigenvalue weighted by Crippen LogP contribution is 2.25. The zero-order valence-corrected chi connectivity index (χ0v) is 15.7. The van der Waals surface area contributed by atoms with Gasteiger partial charge >= 0.3 is 12.1 Å². The molecule has 0 aliphatic heterocycles. The number of alkyl carbamates (subject to hydrolysis) is 1. The SMILES string of the molecule is CC(C)(C)OC(=O)N[C@@H](Cc1ccc([N+](=O)[O-])cc1)CC(C)(C)C(=O)O. The number of amides is 1. The van der Waals surface area contributed by atoms with Crippen LogP contribution in [0.15, 0.2) is 24.3 Å². The summed E-state index contributed by atoms with van der Waals surface area (Å²) in [7, 11) is 0. The van der Waals surface area contributed by atoms with Gasteiger partial charge in [-0.15, -0.1) is 0 Å². The molecule has 1 atom stereocenters. The molecular formula is C18H26N2O6. The number of carbonyl (C=O) groups is 2. The van der Waals surface area contributed by atoms with E-state index in [2.05, 4.69) is 5.32 Å². The molecule has 0 radical (unpaired) electrons. The first-order valence-electron chi connectivity index (χ1n) is 8.26. The van der Waals surface area contributed by atoms with Crippen molar-refractivity contribution < 1.29 is 24.4 Å². The van der Waals surface area contributed by atoms with Crippen LogP contribution in [-0.4, -0.2) is 33.7 Å². The monoisotopic (exact) mass is 366 g/mol. The second-order valence-corrected chi connectivity index (χ2v) is 7.86. The molecule has 1 aromatic carbocycles. The number of hydrogen-bond acceptors (Lipinski definition) is 5. The second-order valence-electron chi connectivity index (χ2n) is 7.86. The standard InChI is InChI=1S/C18H26N2O6/c1-17(2,3)26-16(23)19-13(11-18(4,5)15(21)22)10-12-6-8-14(9-7-12)20(24)25/h6-9,13H,10-11H2,1-5H3,(H,19,23)(H,21,22)/t13-/m0/s1. The molecule has 144 valence electrons. The fourth-order valence-corrected chi connectivity index (χ4v) is 2.39. The molecule has 0 aliphatic rings. The molecule has 0 bridgehead atoms. The van der Waals surface area contributed by atoms with Gasteiger partial charge in [0.2, 0.25) is 0 Å². The minimum absolute atomic E-state index is 0.0312. The van der Waals surface area contributed by atoms with E-state index >= 15 is 0 Å². The molecule has 0 saturated carbocycles. The Kier molecular flexibility index (Phi) is 6.72. The Balaban J connectivity index is 2.94. The Labute approximate surface area is 152 Å². The van der Waals surface area contributed by atoms with Gasteiger partial charge in [-0.25, -0.2) is 4.79 Å². The molecule has 8 nitrogen and oxygen atoms in total. The fourth-order valence-electron chi connectivity index (χ4n) is 2.39. The molecule has 1 rings (SSSR count). The number of non-ortho nitro benzene ring substituents is 1. The molecule has 1 aromatic rings. The van der Waals surface area contributed by atoms with Crippen molar-refractivity contribution in [2.24, 2.45) is 5.41 Å². The lowest BCUT2D eigenvalue weighted by atomic mass is 9.84. The Morgan fingerprint density at radius 2 is 1.73 bits per heavy atom. The number of hydrogen-bond donors (Lipinski definition) is 2. The van der Waals surface area contributed by atoms with Crippen LogP contribution in [-0.2, 0) is 16.0 Å².